The van der Waals surface area contributed by atoms with Gasteiger partial charge in [0.2, 0.25) is 15.9 Å². The first-order chi connectivity index (χ1) is 12.3. The molecule has 26 heavy (non-hydrogen) atoms. The Bertz CT molecular complexity index is 930. The van der Waals surface area contributed by atoms with E-state index in [0.717, 1.165) is 12.5 Å². The van der Waals surface area contributed by atoms with Gasteiger partial charge in [-0.3, -0.25) is 4.79 Å². The van der Waals surface area contributed by atoms with E-state index >= 15 is 0 Å². The molecule has 1 amide bonds. The van der Waals surface area contributed by atoms with Gasteiger partial charge in [0, 0.05) is 36.3 Å². The second-order valence-electron chi connectivity index (χ2n) is 6.15. The second kappa shape index (κ2) is 7.13. The average Bonchev–Trinajstić information content (AvgIpc) is 3.00. The zero-order valence-electron chi connectivity index (χ0n) is 14.1. The summed E-state index contributed by atoms with van der Waals surface area (Å²) in [6.45, 7) is 2.09. The van der Waals surface area contributed by atoms with Gasteiger partial charge in [-0.05, 0) is 43.7 Å². The van der Waals surface area contributed by atoms with Crippen LogP contribution in [0.5, 0.6) is 0 Å². The van der Waals surface area contributed by atoms with Crippen molar-refractivity contribution >= 4 is 21.6 Å². The monoisotopic (exact) mass is 380 g/mol. The molecule has 0 aliphatic carbocycles. The Hall–Kier alpha value is -2.32. The maximum absolute atomic E-state index is 13.8. The molecule has 1 aliphatic heterocycles. The fourth-order valence-corrected chi connectivity index (χ4v) is 4.17. The summed E-state index contributed by atoms with van der Waals surface area (Å²) in [7, 11) is -3.90. The Kier molecular flexibility index (Phi) is 5.06. The number of hydrogen-bond acceptors (Lipinski definition) is 3. The molecule has 0 saturated carbocycles. The number of halogens is 2. The molecule has 0 bridgehead atoms. The van der Waals surface area contributed by atoms with Gasteiger partial charge in [-0.2, -0.15) is 0 Å². The van der Waals surface area contributed by atoms with E-state index in [0.29, 0.717) is 24.7 Å². The lowest BCUT2D eigenvalue weighted by atomic mass is 10.1. The summed E-state index contributed by atoms with van der Waals surface area (Å²) in [5.41, 5.74) is 0.693. The van der Waals surface area contributed by atoms with Crippen molar-refractivity contribution in [1.82, 2.24) is 4.72 Å². The van der Waals surface area contributed by atoms with Crippen LogP contribution in [0.3, 0.4) is 0 Å². The third-order valence-electron chi connectivity index (χ3n) is 4.29. The van der Waals surface area contributed by atoms with Gasteiger partial charge >= 0.3 is 0 Å². The van der Waals surface area contributed by atoms with Crippen LogP contribution in [0.15, 0.2) is 47.4 Å². The molecule has 2 aromatic carbocycles. The number of amides is 1. The molecular formula is C18H18F2N2O3S. The van der Waals surface area contributed by atoms with Crippen molar-refractivity contribution in [3.8, 4) is 0 Å². The molecule has 0 unspecified atom stereocenters. The minimum absolute atomic E-state index is 0.00210. The molecule has 0 spiro atoms. The lowest BCUT2D eigenvalue weighted by Crippen LogP contribution is -2.28. The van der Waals surface area contributed by atoms with Crippen molar-refractivity contribution in [3.05, 3.63) is 59.7 Å². The summed E-state index contributed by atoms with van der Waals surface area (Å²) in [4.78, 5) is 13.4. The molecule has 1 aliphatic rings. The summed E-state index contributed by atoms with van der Waals surface area (Å²) < 4.78 is 54.2. The molecular weight excluding hydrogens is 362 g/mol. The van der Waals surface area contributed by atoms with E-state index in [1.807, 2.05) is 0 Å². The molecule has 0 radical (unpaired) electrons. The average molecular weight is 380 g/mol. The topological polar surface area (TPSA) is 66.5 Å². The van der Waals surface area contributed by atoms with Crippen LogP contribution in [0, 0.1) is 11.6 Å². The lowest BCUT2D eigenvalue weighted by molar-refractivity contribution is -0.117. The zero-order chi connectivity index (χ0) is 18.9. The quantitative estimate of drug-likeness (QED) is 0.867. The molecule has 5 nitrogen and oxygen atoms in total. The van der Waals surface area contributed by atoms with Gasteiger partial charge in [-0.15, -0.1) is 0 Å². The fourth-order valence-electron chi connectivity index (χ4n) is 2.94. The Morgan fingerprint density at radius 1 is 1.12 bits per heavy atom. The number of rotatable bonds is 5. The van der Waals surface area contributed by atoms with Gasteiger partial charge in [0.15, 0.2) is 0 Å². The van der Waals surface area contributed by atoms with Crippen molar-refractivity contribution in [3.63, 3.8) is 0 Å². The van der Waals surface area contributed by atoms with Crippen molar-refractivity contribution in [2.75, 3.05) is 11.4 Å². The van der Waals surface area contributed by atoms with Crippen LogP contribution in [0.1, 0.15) is 31.4 Å². The third kappa shape index (κ3) is 3.76. The van der Waals surface area contributed by atoms with E-state index in [2.05, 4.69) is 4.72 Å². The number of carbonyl (C=O) groups is 1. The molecule has 1 fully saturated rings. The zero-order valence-corrected chi connectivity index (χ0v) is 14.9. The normalized spacial score (nSPS) is 16.1. The molecule has 0 aromatic heterocycles. The smallest absolute Gasteiger partial charge is 0.241 e. The highest BCUT2D eigenvalue weighted by atomic mass is 32.2. The predicted molar refractivity (Wildman–Crippen MR) is 93.1 cm³/mol. The molecule has 1 atom stereocenters. The van der Waals surface area contributed by atoms with Crippen LogP contribution in [0.2, 0.25) is 0 Å². The standard InChI is InChI=1S/C18H18F2N2O3S/c1-12(16-9-4-13(19)11-17(16)20)21-26(24,25)15-7-5-14(6-8-15)22-10-2-3-18(22)23/h4-9,11-12,21H,2-3,10H2,1H3/t12-/m1/s1. The van der Waals surface area contributed by atoms with Crippen LogP contribution in [-0.2, 0) is 14.8 Å². The summed E-state index contributed by atoms with van der Waals surface area (Å²) in [5, 5.41) is 0. The van der Waals surface area contributed by atoms with Gasteiger partial charge in [0.25, 0.3) is 0 Å². The van der Waals surface area contributed by atoms with Gasteiger partial charge in [0.1, 0.15) is 11.6 Å². The van der Waals surface area contributed by atoms with Crippen molar-refractivity contribution < 1.29 is 22.0 Å². The highest BCUT2D eigenvalue weighted by Gasteiger charge is 2.24. The Balaban J connectivity index is 1.78. The summed E-state index contributed by atoms with van der Waals surface area (Å²) in [6, 6.07) is 8.06. The third-order valence-corrected chi connectivity index (χ3v) is 5.85. The first-order valence-electron chi connectivity index (χ1n) is 8.15. The van der Waals surface area contributed by atoms with E-state index in [4.69, 9.17) is 0 Å². The van der Waals surface area contributed by atoms with Gasteiger partial charge in [-0.1, -0.05) is 6.07 Å². The Labute approximate surface area is 150 Å². The maximum atomic E-state index is 13.8. The number of hydrogen-bond donors (Lipinski definition) is 1. The molecule has 3 rings (SSSR count). The van der Waals surface area contributed by atoms with E-state index in [9.17, 15) is 22.0 Å². The minimum Gasteiger partial charge on any atom is -0.312 e. The van der Waals surface area contributed by atoms with Crippen LogP contribution in [0.25, 0.3) is 0 Å². The number of sulfonamides is 1. The Morgan fingerprint density at radius 2 is 1.81 bits per heavy atom. The van der Waals surface area contributed by atoms with Crippen LogP contribution < -0.4 is 9.62 Å². The lowest BCUT2D eigenvalue weighted by Gasteiger charge is -2.18. The highest BCUT2D eigenvalue weighted by Crippen LogP contribution is 2.24. The number of benzene rings is 2. The number of carbonyl (C=O) groups excluding carboxylic acids is 1. The molecule has 1 saturated heterocycles. The van der Waals surface area contributed by atoms with Gasteiger partial charge in [0.05, 0.1) is 4.90 Å². The van der Waals surface area contributed by atoms with Crippen molar-refractivity contribution in [2.45, 2.75) is 30.7 Å². The van der Waals surface area contributed by atoms with Crippen LogP contribution >= 0.6 is 0 Å². The molecule has 138 valence electrons. The second-order valence-corrected chi connectivity index (χ2v) is 7.87. The first-order valence-corrected chi connectivity index (χ1v) is 9.64. The summed E-state index contributed by atoms with van der Waals surface area (Å²) in [5.74, 6) is -1.53. The van der Waals surface area contributed by atoms with Gasteiger partial charge in [-0.25, -0.2) is 21.9 Å². The number of nitrogens with zero attached hydrogens (tertiary/aromatic N) is 1. The summed E-state index contributed by atoms with van der Waals surface area (Å²) in [6.07, 6.45) is 1.27. The molecule has 2 aromatic rings. The first kappa shape index (κ1) is 18.5. The maximum Gasteiger partial charge on any atom is 0.241 e. The molecule has 8 heteroatoms. The van der Waals surface area contributed by atoms with E-state index in [1.165, 1.54) is 25.1 Å². The predicted octanol–water partition coefficient (Wildman–Crippen LogP) is 3.13. The van der Waals surface area contributed by atoms with E-state index in [1.54, 1.807) is 17.0 Å². The minimum atomic E-state index is -3.90. The molecule has 1 N–H and O–H groups in total. The number of anilines is 1. The largest absolute Gasteiger partial charge is 0.312 e. The van der Waals surface area contributed by atoms with Gasteiger partial charge < -0.3 is 4.90 Å². The van der Waals surface area contributed by atoms with E-state index < -0.39 is 27.7 Å². The van der Waals surface area contributed by atoms with Crippen LogP contribution in [0.4, 0.5) is 14.5 Å². The molecule has 1 heterocycles. The van der Waals surface area contributed by atoms with Crippen LogP contribution in [-0.4, -0.2) is 20.9 Å². The highest BCUT2D eigenvalue weighted by molar-refractivity contribution is 7.89. The summed E-state index contributed by atoms with van der Waals surface area (Å²) >= 11 is 0. The number of nitrogens with one attached hydrogen (secondary N) is 1. The van der Waals surface area contributed by atoms with E-state index in [-0.39, 0.29) is 16.4 Å². The SMILES string of the molecule is C[C@@H](NS(=O)(=O)c1ccc(N2CCCC2=O)cc1)c1ccc(F)cc1F. The van der Waals surface area contributed by atoms with Crippen molar-refractivity contribution in [1.29, 1.82) is 0 Å². The Morgan fingerprint density at radius 3 is 2.38 bits per heavy atom. The van der Waals surface area contributed by atoms with Crippen molar-refractivity contribution in [2.24, 2.45) is 0 Å². The fraction of sp³-hybridized carbons (Fsp3) is 0.278.